The number of ether oxygens (including phenoxy) is 2. The van der Waals surface area contributed by atoms with Crippen LogP contribution in [0.2, 0.25) is 0 Å². The van der Waals surface area contributed by atoms with Crippen molar-refractivity contribution in [2.45, 2.75) is 31.6 Å². The van der Waals surface area contributed by atoms with E-state index in [9.17, 15) is 14.4 Å². The zero-order chi connectivity index (χ0) is 27.6. The number of nitrogens with zero attached hydrogens (tertiary/aromatic N) is 2. The normalized spacial score (nSPS) is 16.2. The first-order valence-corrected chi connectivity index (χ1v) is 13.6. The fourth-order valence-corrected chi connectivity index (χ4v) is 5.12. The number of aliphatic imine (C=N–C) groups is 1. The Morgan fingerprint density at radius 1 is 1.00 bits per heavy atom. The average molecular weight is 546 g/mol. The van der Waals surface area contributed by atoms with Crippen LogP contribution < -0.4 is 10.1 Å². The number of amides is 2. The number of esters is 1. The molecule has 1 aliphatic heterocycles. The molecule has 1 unspecified atom stereocenters. The molecule has 1 heterocycles. The molecule has 0 spiro atoms. The molecule has 0 bridgehead atoms. The molecular weight excluding hydrogens is 514 g/mol. The van der Waals surface area contributed by atoms with Crippen molar-refractivity contribution in [3.05, 3.63) is 95.6 Å². The third-order valence-corrected chi connectivity index (χ3v) is 7.28. The topological polar surface area (TPSA) is 97.3 Å². The number of carbonyl (C=O) groups excluding carboxylic acids is 3. The van der Waals surface area contributed by atoms with Crippen LogP contribution in [0, 0.1) is 0 Å². The number of carbonyl (C=O) groups is 3. The van der Waals surface area contributed by atoms with Gasteiger partial charge in [0, 0.05) is 13.0 Å². The average Bonchev–Trinajstić information content (AvgIpc) is 2.96. The van der Waals surface area contributed by atoms with Crippen LogP contribution in [0.25, 0.3) is 0 Å². The third-order valence-electron chi connectivity index (χ3n) is 6.09. The van der Waals surface area contributed by atoms with Crippen LogP contribution >= 0.6 is 11.8 Å². The molecule has 1 saturated heterocycles. The van der Waals surface area contributed by atoms with Crippen LogP contribution in [0.15, 0.2) is 83.9 Å². The second-order valence-corrected chi connectivity index (χ2v) is 10.00. The van der Waals surface area contributed by atoms with Gasteiger partial charge in [0.2, 0.25) is 11.8 Å². The number of hydrogen-bond acceptors (Lipinski definition) is 7. The van der Waals surface area contributed by atoms with Crippen molar-refractivity contribution in [2.75, 3.05) is 20.3 Å². The number of benzene rings is 3. The quantitative estimate of drug-likeness (QED) is 0.369. The summed E-state index contributed by atoms with van der Waals surface area (Å²) in [5.74, 6) is -0.0679. The molecule has 3 aromatic rings. The second kappa shape index (κ2) is 13.6. The van der Waals surface area contributed by atoms with E-state index in [1.807, 2.05) is 54.6 Å². The van der Waals surface area contributed by atoms with E-state index in [1.54, 1.807) is 43.2 Å². The van der Waals surface area contributed by atoms with E-state index in [1.165, 1.54) is 11.8 Å². The van der Waals surface area contributed by atoms with E-state index in [0.29, 0.717) is 35.9 Å². The minimum Gasteiger partial charge on any atom is -0.497 e. The lowest BCUT2D eigenvalue weighted by Crippen LogP contribution is -2.46. The van der Waals surface area contributed by atoms with E-state index in [4.69, 9.17) is 14.5 Å². The van der Waals surface area contributed by atoms with Gasteiger partial charge >= 0.3 is 5.97 Å². The summed E-state index contributed by atoms with van der Waals surface area (Å²) in [5, 5.41) is 2.79. The lowest BCUT2D eigenvalue weighted by molar-refractivity contribution is -0.130. The van der Waals surface area contributed by atoms with Crippen LogP contribution in [0.3, 0.4) is 0 Å². The first-order chi connectivity index (χ1) is 19.0. The highest BCUT2D eigenvalue weighted by atomic mass is 32.2. The summed E-state index contributed by atoms with van der Waals surface area (Å²) in [5.41, 5.74) is 3.01. The Morgan fingerprint density at radius 2 is 1.72 bits per heavy atom. The van der Waals surface area contributed by atoms with Gasteiger partial charge in [-0.2, -0.15) is 0 Å². The molecule has 1 atom stereocenters. The molecule has 0 saturated carbocycles. The highest BCUT2D eigenvalue weighted by Gasteiger charge is 2.35. The SMILES string of the molecule is CCOC(=O)c1ccc(N=C2SC(C(=O)NCCc3ccccc3)CC(=O)N2Cc2ccc(OC)cc2)cc1. The number of methoxy groups -OCH3 is 1. The summed E-state index contributed by atoms with van der Waals surface area (Å²) in [7, 11) is 1.60. The fraction of sp³-hybridized carbons (Fsp3) is 0.267. The zero-order valence-electron chi connectivity index (χ0n) is 22.0. The molecule has 1 fully saturated rings. The number of amidine groups is 1. The van der Waals surface area contributed by atoms with Crippen molar-refractivity contribution in [3.63, 3.8) is 0 Å². The maximum absolute atomic E-state index is 13.3. The summed E-state index contributed by atoms with van der Waals surface area (Å²) < 4.78 is 10.3. The van der Waals surface area contributed by atoms with Gasteiger partial charge in [-0.1, -0.05) is 54.2 Å². The predicted octanol–water partition coefficient (Wildman–Crippen LogP) is 4.75. The Hall–Kier alpha value is -4.11. The van der Waals surface area contributed by atoms with Crippen molar-refractivity contribution >= 4 is 40.4 Å². The molecule has 9 heteroatoms. The van der Waals surface area contributed by atoms with E-state index in [0.717, 1.165) is 16.9 Å². The zero-order valence-corrected chi connectivity index (χ0v) is 22.8. The first-order valence-electron chi connectivity index (χ1n) is 12.7. The molecule has 1 N–H and O–H groups in total. The highest BCUT2D eigenvalue weighted by Crippen LogP contribution is 2.31. The summed E-state index contributed by atoms with van der Waals surface area (Å²) in [6.07, 6.45) is 0.772. The smallest absolute Gasteiger partial charge is 0.338 e. The van der Waals surface area contributed by atoms with E-state index in [2.05, 4.69) is 5.32 Å². The van der Waals surface area contributed by atoms with Crippen LogP contribution in [-0.2, 0) is 27.3 Å². The van der Waals surface area contributed by atoms with Crippen molar-refractivity contribution in [1.29, 1.82) is 0 Å². The van der Waals surface area contributed by atoms with Gasteiger partial charge in [-0.05, 0) is 60.9 Å². The van der Waals surface area contributed by atoms with E-state index >= 15 is 0 Å². The second-order valence-electron chi connectivity index (χ2n) is 8.83. The van der Waals surface area contributed by atoms with Crippen molar-refractivity contribution in [2.24, 2.45) is 4.99 Å². The van der Waals surface area contributed by atoms with Gasteiger partial charge in [-0.15, -0.1) is 0 Å². The molecule has 3 aromatic carbocycles. The molecule has 0 radical (unpaired) electrons. The molecule has 0 aromatic heterocycles. The molecule has 8 nitrogen and oxygen atoms in total. The van der Waals surface area contributed by atoms with Crippen LogP contribution in [-0.4, -0.2) is 53.4 Å². The summed E-state index contributed by atoms with van der Waals surface area (Å²) in [6.45, 7) is 2.82. The van der Waals surface area contributed by atoms with Gasteiger partial charge in [0.05, 0.1) is 36.8 Å². The summed E-state index contributed by atoms with van der Waals surface area (Å²) in [4.78, 5) is 44.7. The molecule has 4 rings (SSSR count). The summed E-state index contributed by atoms with van der Waals surface area (Å²) >= 11 is 1.26. The highest BCUT2D eigenvalue weighted by molar-refractivity contribution is 8.15. The standard InChI is InChI=1S/C30H31N3O5S/c1-3-38-29(36)23-11-13-24(14-12-23)32-30-33(20-22-9-15-25(37-2)16-10-22)27(34)19-26(39-30)28(35)31-18-17-21-7-5-4-6-8-21/h4-16,26H,3,17-20H2,1-2H3,(H,31,35). The molecule has 1 aliphatic rings. The molecule has 202 valence electrons. The first kappa shape index (κ1) is 27.9. The van der Waals surface area contributed by atoms with Gasteiger partial charge in [0.25, 0.3) is 0 Å². The van der Waals surface area contributed by atoms with Crippen LogP contribution in [0.1, 0.15) is 34.8 Å². The van der Waals surface area contributed by atoms with E-state index in [-0.39, 0.29) is 24.8 Å². The monoisotopic (exact) mass is 545 g/mol. The van der Waals surface area contributed by atoms with Gasteiger partial charge in [-0.25, -0.2) is 9.79 Å². The molecular formula is C30H31N3O5S. The molecule has 0 aliphatic carbocycles. The van der Waals surface area contributed by atoms with Gasteiger partial charge in [0.1, 0.15) is 5.75 Å². The van der Waals surface area contributed by atoms with Crippen LogP contribution in [0.5, 0.6) is 5.75 Å². The minimum absolute atomic E-state index is 0.0683. The van der Waals surface area contributed by atoms with Gasteiger partial charge < -0.3 is 14.8 Å². The maximum Gasteiger partial charge on any atom is 0.338 e. The lowest BCUT2D eigenvalue weighted by Gasteiger charge is -2.32. The fourth-order valence-electron chi connectivity index (χ4n) is 4.00. The van der Waals surface area contributed by atoms with Crippen molar-refractivity contribution in [1.82, 2.24) is 10.2 Å². The van der Waals surface area contributed by atoms with Crippen molar-refractivity contribution in [3.8, 4) is 5.75 Å². The largest absolute Gasteiger partial charge is 0.497 e. The van der Waals surface area contributed by atoms with Gasteiger partial charge in [-0.3, -0.25) is 14.5 Å². The van der Waals surface area contributed by atoms with Gasteiger partial charge in [0.15, 0.2) is 5.17 Å². The third kappa shape index (κ3) is 7.70. The number of hydrogen-bond donors (Lipinski definition) is 1. The Bertz CT molecular complexity index is 1310. The number of rotatable bonds is 10. The Labute approximate surface area is 232 Å². The lowest BCUT2D eigenvalue weighted by atomic mass is 10.1. The summed E-state index contributed by atoms with van der Waals surface area (Å²) in [6, 6.07) is 24.0. The predicted molar refractivity (Wildman–Crippen MR) is 152 cm³/mol. The van der Waals surface area contributed by atoms with E-state index < -0.39 is 11.2 Å². The number of thioether (sulfide) groups is 1. The Balaban J connectivity index is 1.52. The molecule has 39 heavy (non-hydrogen) atoms. The number of nitrogens with one attached hydrogen (secondary N) is 1. The Morgan fingerprint density at radius 3 is 2.38 bits per heavy atom. The van der Waals surface area contributed by atoms with Crippen LogP contribution in [0.4, 0.5) is 5.69 Å². The molecule has 2 amide bonds. The minimum atomic E-state index is -0.599. The Kier molecular flexibility index (Phi) is 9.74. The maximum atomic E-state index is 13.3. The van der Waals surface area contributed by atoms with Crippen molar-refractivity contribution < 1.29 is 23.9 Å².